The average molecular weight is 348 g/mol. The van der Waals surface area contributed by atoms with Gasteiger partial charge in [-0.3, -0.25) is 4.79 Å². The Balaban J connectivity index is 1.69. The van der Waals surface area contributed by atoms with E-state index >= 15 is 0 Å². The number of aromatic nitrogens is 2. The minimum absolute atomic E-state index is 0.188. The van der Waals surface area contributed by atoms with Crippen LogP contribution in [0.1, 0.15) is 21.7 Å². The van der Waals surface area contributed by atoms with Gasteiger partial charge in [0.1, 0.15) is 5.75 Å². The van der Waals surface area contributed by atoms with Gasteiger partial charge in [0.25, 0.3) is 5.91 Å². The largest absolute Gasteiger partial charge is 0.497 e. The van der Waals surface area contributed by atoms with Crippen molar-refractivity contribution < 1.29 is 9.53 Å². The highest BCUT2D eigenvalue weighted by Crippen LogP contribution is 2.19. The van der Waals surface area contributed by atoms with E-state index in [1.54, 1.807) is 25.3 Å². The average Bonchev–Trinajstić information content (AvgIpc) is 2.61. The molecular formula is C20H20N4O2. The highest BCUT2D eigenvalue weighted by Gasteiger charge is 2.07. The first-order chi connectivity index (χ1) is 12.5. The third kappa shape index (κ3) is 4.36. The monoisotopic (exact) mass is 348 g/mol. The number of nitrogens with zero attached hydrogens (tertiary/aromatic N) is 2. The lowest BCUT2D eigenvalue weighted by Crippen LogP contribution is -2.11. The molecule has 3 aromatic rings. The number of benzene rings is 2. The summed E-state index contributed by atoms with van der Waals surface area (Å²) in [4.78, 5) is 21.1. The van der Waals surface area contributed by atoms with Gasteiger partial charge in [0.05, 0.1) is 7.11 Å². The van der Waals surface area contributed by atoms with Crippen LogP contribution in [0.25, 0.3) is 0 Å². The Morgan fingerprint density at radius 3 is 2.27 bits per heavy atom. The van der Waals surface area contributed by atoms with Crippen molar-refractivity contribution in [2.24, 2.45) is 0 Å². The zero-order chi connectivity index (χ0) is 18.5. The molecule has 6 nitrogen and oxygen atoms in total. The zero-order valence-corrected chi connectivity index (χ0v) is 14.9. The van der Waals surface area contributed by atoms with Crippen molar-refractivity contribution in [3.05, 3.63) is 71.5 Å². The number of methoxy groups -OCH3 is 1. The number of amides is 1. The third-order valence-corrected chi connectivity index (χ3v) is 3.71. The van der Waals surface area contributed by atoms with Crippen molar-refractivity contribution in [2.45, 2.75) is 13.8 Å². The van der Waals surface area contributed by atoms with E-state index in [1.807, 2.05) is 50.2 Å². The summed E-state index contributed by atoms with van der Waals surface area (Å²) in [5.41, 5.74) is 3.84. The van der Waals surface area contributed by atoms with Gasteiger partial charge in [0.2, 0.25) is 5.95 Å². The lowest BCUT2D eigenvalue weighted by molar-refractivity contribution is 0.102. The molecule has 0 aliphatic carbocycles. The zero-order valence-electron chi connectivity index (χ0n) is 14.9. The SMILES string of the molecule is COc1cccc(NC(=O)c2ccc(Nc3nc(C)cc(C)n3)cc2)c1. The maximum absolute atomic E-state index is 12.4. The number of anilines is 3. The molecular weight excluding hydrogens is 328 g/mol. The van der Waals surface area contributed by atoms with Gasteiger partial charge in [0.15, 0.2) is 0 Å². The second-order valence-corrected chi connectivity index (χ2v) is 5.86. The maximum Gasteiger partial charge on any atom is 0.255 e. The number of carbonyl (C=O) groups excluding carboxylic acids is 1. The fourth-order valence-corrected chi connectivity index (χ4v) is 2.52. The molecule has 1 heterocycles. The van der Waals surface area contributed by atoms with Crippen LogP contribution in [0.15, 0.2) is 54.6 Å². The van der Waals surface area contributed by atoms with Crippen molar-refractivity contribution in [1.29, 1.82) is 0 Å². The van der Waals surface area contributed by atoms with Crippen molar-refractivity contribution in [3.63, 3.8) is 0 Å². The molecule has 0 bridgehead atoms. The summed E-state index contributed by atoms with van der Waals surface area (Å²) in [7, 11) is 1.59. The molecule has 0 saturated heterocycles. The molecule has 0 fully saturated rings. The Kier molecular flexibility index (Phi) is 5.12. The molecule has 26 heavy (non-hydrogen) atoms. The van der Waals surface area contributed by atoms with Crippen LogP contribution < -0.4 is 15.4 Å². The van der Waals surface area contributed by atoms with Crippen LogP contribution in [0.4, 0.5) is 17.3 Å². The molecule has 2 N–H and O–H groups in total. The van der Waals surface area contributed by atoms with Gasteiger partial charge in [-0.25, -0.2) is 9.97 Å². The second kappa shape index (κ2) is 7.65. The highest BCUT2D eigenvalue weighted by atomic mass is 16.5. The van der Waals surface area contributed by atoms with Gasteiger partial charge in [-0.2, -0.15) is 0 Å². The molecule has 0 spiro atoms. The molecule has 2 aromatic carbocycles. The quantitative estimate of drug-likeness (QED) is 0.726. The predicted octanol–water partition coefficient (Wildman–Crippen LogP) is 4.10. The van der Waals surface area contributed by atoms with Crippen LogP contribution >= 0.6 is 0 Å². The summed E-state index contributed by atoms with van der Waals surface area (Å²) in [5, 5.41) is 6.00. The number of ether oxygens (including phenoxy) is 1. The van der Waals surface area contributed by atoms with Crippen molar-refractivity contribution in [2.75, 3.05) is 17.7 Å². The van der Waals surface area contributed by atoms with Gasteiger partial charge in [-0.05, 0) is 56.3 Å². The van der Waals surface area contributed by atoms with E-state index in [4.69, 9.17) is 4.74 Å². The van der Waals surface area contributed by atoms with Gasteiger partial charge in [-0.15, -0.1) is 0 Å². The number of rotatable bonds is 5. The van der Waals surface area contributed by atoms with Crippen LogP contribution in [0, 0.1) is 13.8 Å². The normalized spacial score (nSPS) is 10.3. The smallest absolute Gasteiger partial charge is 0.255 e. The third-order valence-electron chi connectivity index (χ3n) is 3.71. The van der Waals surface area contributed by atoms with E-state index in [-0.39, 0.29) is 5.91 Å². The molecule has 1 aromatic heterocycles. The lowest BCUT2D eigenvalue weighted by atomic mass is 10.2. The van der Waals surface area contributed by atoms with Crippen molar-refractivity contribution in [1.82, 2.24) is 9.97 Å². The first-order valence-electron chi connectivity index (χ1n) is 8.18. The van der Waals surface area contributed by atoms with E-state index in [1.165, 1.54) is 0 Å². The van der Waals surface area contributed by atoms with E-state index in [0.29, 0.717) is 22.9 Å². The first-order valence-corrected chi connectivity index (χ1v) is 8.18. The van der Waals surface area contributed by atoms with Gasteiger partial charge in [0, 0.05) is 34.4 Å². The number of hydrogen-bond donors (Lipinski definition) is 2. The summed E-state index contributed by atoms with van der Waals surface area (Å²) >= 11 is 0. The number of nitrogens with one attached hydrogen (secondary N) is 2. The standard InChI is InChI=1S/C20H20N4O2/c1-13-11-14(2)22-20(21-13)24-16-9-7-15(8-10-16)19(25)23-17-5-4-6-18(12-17)26-3/h4-12H,1-3H3,(H,23,25)(H,21,22,24). The Morgan fingerprint density at radius 1 is 0.923 bits per heavy atom. The lowest BCUT2D eigenvalue weighted by Gasteiger charge is -2.09. The Hall–Kier alpha value is -3.41. The molecule has 0 saturated carbocycles. The van der Waals surface area contributed by atoms with Gasteiger partial charge in [-0.1, -0.05) is 6.07 Å². The minimum atomic E-state index is -0.188. The van der Waals surface area contributed by atoms with E-state index in [2.05, 4.69) is 20.6 Å². The molecule has 1 amide bonds. The second-order valence-electron chi connectivity index (χ2n) is 5.86. The number of carbonyl (C=O) groups is 1. The summed E-state index contributed by atoms with van der Waals surface area (Å²) in [6, 6.07) is 16.3. The van der Waals surface area contributed by atoms with E-state index in [9.17, 15) is 4.79 Å². The molecule has 0 atom stereocenters. The van der Waals surface area contributed by atoms with E-state index < -0.39 is 0 Å². The van der Waals surface area contributed by atoms with Crippen molar-refractivity contribution >= 4 is 23.2 Å². The fourth-order valence-electron chi connectivity index (χ4n) is 2.52. The molecule has 0 aliphatic heterocycles. The van der Waals surface area contributed by atoms with Crippen LogP contribution in [-0.2, 0) is 0 Å². The Labute approximate surface area is 152 Å². The molecule has 3 rings (SSSR count). The van der Waals surface area contributed by atoms with Crippen LogP contribution in [-0.4, -0.2) is 23.0 Å². The van der Waals surface area contributed by atoms with E-state index in [0.717, 1.165) is 17.1 Å². The molecule has 132 valence electrons. The maximum atomic E-state index is 12.4. The minimum Gasteiger partial charge on any atom is -0.497 e. The highest BCUT2D eigenvalue weighted by molar-refractivity contribution is 6.04. The summed E-state index contributed by atoms with van der Waals surface area (Å²) in [5.74, 6) is 1.04. The topological polar surface area (TPSA) is 76.1 Å². The molecule has 0 unspecified atom stereocenters. The summed E-state index contributed by atoms with van der Waals surface area (Å²) in [6.45, 7) is 3.84. The Morgan fingerprint density at radius 2 is 1.62 bits per heavy atom. The molecule has 6 heteroatoms. The van der Waals surface area contributed by atoms with Crippen LogP contribution in [0.5, 0.6) is 5.75 Å². The van der Waals surface area contributed by atoms with Gasteiger partial charge >= 0.3 is 0 Å². The van der Waals surface area contributed by atoms with Crippen LogP contribution in [0.2, 0.25) is 0 Å². The fraction of sp³-hybridized carbons (Fsp3) is 0.150. The molecule has 0 aliphatic rings. The first kappa shape index (κ1) is 17.4. The van der Waals surface area contributed by atoms with Crippen LogP contribution in [0.3, 0.4) is 0 Å². The predicted molar refractivity (Wildman–Crippen MR) is 102 cm³/mol. The number of hydrogen-bond acceptors (Lipinski definition) is 5. The molecule has 0 radical (unpaired) electrons. The summed E-state index contributed by atoms with van der Waals surface area (Å²) in [6.07, 6.45) is 0. The van der Waals surface area contributed by atoms with Gasteiger partial charge < -0.3 is 15.4 Å². The van der Waals surface area contributed by atoms with Crippen molar-refractivity contribution in [3.8, 4) is 5.75 Å². The number of aryl methyl sites for hydroxylation is 2. The summed E-state index contributed by atoms with van der Waals surface area (Å²) < 4.78 is 5.16. The Bertz CT molecular complexity index is 903.